The lowest BCUT2D eigenvalue weighted by Crippen LogP contribution is -2.31. The first-order valence-electron chi connectivity index (χ1n) is 7.18. The van der Waals surface area contributed by atoms with Gasteiger partial charge in [-0.2, -0.15) is 4.31 Å². The number of ether oxygens (including phenoxy) is 1. The highest BCUT2D eigenvalue weighted by Crippen LogP contribution is 2.22. The van der Waals surface area contributed by atoms with E-state index in [-0.39, 0.29) is 12.3 Å². The minimum Gasteiger partial charge on any atom is -0.587 e. The summed E-state index contributed by atoms with van der Waals surface area (Å²) >= 11 is -1.58. The van der Waals surface area contributed by atoms with Crippen molar-refractivity contribution < 1.29 is 14.1 Å². The van der Waals surface area contributed by atoms with Crippen LogP contribution in [0.25, 0.3) is 0 Å². The molecule has 0 spiro atoms. The topological polar surface area (TPSA) is 77.0 Å². The molecule has 122 valence electrons. The summed E-state index contributed by atoms with van der Waals surface area (Å²) in [5, 5.41) is 2.92. The molecule has 1 aromatic carbocycles. The van der Waals surface area contributed by atoms with Gasteiger partial charge in [0.05, 0.1) is 12.8 Å². The van der Waals surface area contributed by atoms with Gasteiger partial charge in [-0.1, -0.05) is 17.7 Å². The molecule has 0 aliphatic carbocycles. The summed E-state index contributed by atoms with van der Waals surface area (Å²) < 4.78 is 19.3. The van der Waals surface area contributed by atoms with Crippen LogP contribution in [0.2, 0.25) is 0 Å². The Balaban J connectivity index is 2.37. The van der Waals surface area contributed by atoms with Crippen molar-refractivity contribution in [3.63, 3.8) is 0 Å². The number of nitrogens with zero attached hydrogens (tertiary/aromatic N) is 2. The van der Waals surface area contributed by atoms with Crippen molar-refractivity contribution >= 4 is 23.5 Å². The van der Waals surface area contributed by atoms with Gasteiger partial charge in [-0.25, -0.2) is 4.79 Å². The van der Waals surface area contributed by atoms with Crippen LogP contribution in [0.15, 0.2) is 58.3 Å². The first kappa shape index (κ1) is 17.1. The van der Waals surface area contributed by atoms with Gasteiger partial charge in [0.25, 0.3) is 0 Å². The molecule has 7 heteroatoms. The molecule has 1 aromatic rings. The van der Waals surface area contributed by atoms with Crippen molar-refractivity contribution in [2.45, 2.75) is 18.7 Å². The summed E-state index contributed by atoms with van der Waals surface area (Å²) in [6.45, 7) is 4.28. The van der Waals surface area contributed by atoms with E-state index in [0.717, 1.165) is 5.56 Å². The van der Waals surface area contributed by atoms with Crippen LogP contribution in [0, 0.1) is 6.92 Å². The lowest BCUT2D eigenvalue weighted by Gasteiger charge is -2.23. The Bertz CT molecular complexity index is 626. The van der Waals surface area contributed by atoms with Crippen LogP contribution < -0.4 is 5.32 Å². The predicted molar refractivity (Wildman–Crippen MR) is 89.8 cm³/mol. The van der Waals surface area contributed by atoms with E-state index in [1.807, 2.05) is 19.1 Å². The average molecular weight is 333 g/mol. The molecule has 2 rings (SSSR count). The van der Waals surface area contributed by atoms with E-state index in [4.69, 9.17) is 4.74 Å². The van der Waals surface area contributed by atoms with E-state index >= 15 is 0 Å². The predicted octanol–water partition coefficient (Wildman–Crippen LogP) is 1.87. The van der Waals surface area contributed by atoms with Gasteiger partial charge >= 0.3 is 5.97 Å². The maximum atomic E-state index is 12.9. The number of benzene rings is 1. The largest absolute Gasteiger partial charge is 0.587 e. The molecule has 23 heavy (non-hydrogen) atoms. The van der Waals surface area contributed by atoms with Crippen LogP contribution in [0.1, 0.15) is 12.5 Å². The number of hydrogen-bond donors (Lipinski definition) is 1. The second-order valence-corrected chi connectivity index (χ2v) is 6.03. The first-order chi connectivity index (χ1) is 11.1. The van der Waals surface area contributed by atoms with Gasteiger partial charge in [-0.3, -0.25) is 4.99 Å². The van der Waals surface area contributed by atoms with Gasteiger partial charge in [0, 0.05) is 12.4 Å². The Labute approximate surface area is 138 Å². The van der Waals surface area contributed by atoms with E-state index in [1.54, 1.807) is 31.5 Å². The lowest BCUT2D eigenvalue weighted by atomic mass is 10.2. The van der Waals surface area contributed by atoms with E-state index in [0.29, 0.717) is 11.6 Å². The maximum Gasteiger partial charge on any atom is 0.359 e. The molecule has 0 radical (unpaired) electrons. The molecule has 1 aliphatic heterocycles. The fourth-order valence-electron chi connectivity index (χ4n) is 1.83. The standard InChI is InChI=1S/C16H19N3O3S/c1-3-22-16(20)15-8-9-17-12-18-10-11-19(15)23(21)14-6-4-13(2)5-7-14/h4-11,18H,3,12H2,1-2H3/b11-10+,15-8-,17-9?. The fraction of sp³-hybridized carbons (Fsp3) is 0.250. The second-order valence-electron chi connectivity index (χ2n) is 4.67. The highest BCUT2D eigenvalue weighted by atomic mass is 32.2. The van der Waals surface area contributed by atoms with Gasteiger partial charge in [0.2, 0.25) is 0 Å². The normalized spacial score (nSPS) is 19.4. The first-order valence-corrected chi connectivity index (χ1v) is 8.29. The van der Waals surface area contributed by atoms with Crippen LogP contribution in [0.5, 0.6) is 0 Å². The van der Waals surface area contributed by atoms with Crippen molar-refractivity contribution in [1.82, 2.24) is 9.62 Å². The van der Waals surface area contributed by atoms with Crippen molar-refractivity contribution in [3.05, 3.63) is 54.0 Å². The summed E-state index contributed by atoms with van der Waals surface area (Å²) in [6, 6.07) is 7.30. The SMILES string of the molecule is CCOC(=O)/C1=C/C=NCN/C=C/N1[S+]([O-])c1ccc(C)cc1. The number of hydrogen-bond acceptors (Lipinski definition) is 6. The number of carbonyl (C=O) groups is 1. The van der Waals surface area contributed by atoms with Gasteiger partial charge in [0.1, 0.15) is 18.0 Å². The van der Waals surface area contributed by atoms with Crippen LogP contribution in [0.3, 0.4) is 0 Å². The summed E-state index contributed by atoms with van der Waals surface area (Å²) in [6.07, 6.45) is 6.14. The monoisotopic (exact) mass is 333 g/mol. The van der Waals surface area contributed by atoms with E-state index in [9.17, 15) is 9.35 Å². The molecule has 0 aromatic heterocycles. The van der Waals surface area contributed by atoms with E-state index in [2.05, 4.69) is 10.3 Å². The van der Waals surface area contributed by atoms with Crippen LogP contribution >= 0.6 is 0 Å². The molecule has 1 unspecified atom stereocenters. The lowest BCUT2D eigenvalue weighted by molar-refractivity contribution is -0.139. The number of aryl methyl sites for hydroxylation is 1. The van der Waals surface area contributed by atoms with Crippen LogP contribution in [0.4, 0.5) is 0 Å². The molecule has 0 fully saturated rings. The fourth-order valence-corrected chi connectivity index (χ4v) is 2.91. The molecule has 1 aliphatic rings. The van der Waals surface area contributed by atoms with E-state index in [1.165, 1.54) is 16.6 Å². The number of nitrogens with one attached hydrogen (secondary N) is 1. The third-order valence-corrected chi connectivity index (χ3v) is 4.32. The number of aliphatic imine (C=N–C) groups is 1. The molecule has 0 saturated carbocycles. The zero-order valence-electron chi connectivity index (χ0n) is 13.1. The zero-order chi connectivity index (χ0) is 16.7. The second kappa shape index (κ2) is 8.40. The third-order valence-electron chi connectivity index (χ3n) is 2.97. The van der Waals surface area contributed by atoms with Crippen molar-refractivity contribution in [2.24, 2.45) is 4.99 Å². The summed E-state index contributed by atoms with van der Waals surface area (Å²) in [7, 11) is 0. The molecule has 0 saturated heterocycles. The van der Waals surface area contributed by atoms with Gasteiger partial charge < -0.3 is 14.6 Å². The molecular formula is C16H19N3O3S. The van der Waals surface area contributed by atoms with Crippen LogP contribution in [-0.2, 0) is 20.9 Å². The third kappa shape index (κ3) is 4.61. The maximum absolute atomic E-state index is 12.9. The summed E-state index contributed by atoms with van der Waals surface area (Å²) in [5.41, 5.74) is 1.23. The Morgan fingerprint density at radius 3 is 2.87 bits per heavy atom. The highest BCUT2D eigenvalue weighted by Gasteiger charge is 2.28. The molecule has 1 N–H and O–H groups in total. The summed E-state index contributed by atoms with van der Waals surface area (Å²) in [4.78, 5) is 16.8. The molecule has 0 bridgehead atoms. The van der Waals surface area contributed by atoms with Crippen molar-refractivity contribution in [3.8, 4) is 0 Å². The Morgan fingerprint density at radius 1 is 1.43 bits per heavy atom. The number of allylic oxidation sites excluding steroid dienone is 1. The van der Waals surface area contributed by atoms with Crippen LogP contribution in [-0.4, -0.2) is 34.3 Å². The number of rotatable bonds is 4. The molecule has 0 amide bonds. The zero-order valence-corrected chi connectivity index (χ0v) is 13.9. The molecular weight excluding hydrogens is 314 g/mol. The van der Waals surface area contributed by atoms with Gasteiger partial charge in [-0.15, -0.1) is 0 Å². The van der Waals surface area contributed by atoms with Gasteiger partial charge in [-0.05, 0) is 32.1 Å². The Morgan fingerprint density at radius 2 is 2.17 bits per heavy atom. The van der Waals surface area contributed by atoms with Gasteiger partial charge in [0.15, 0.2) is 10.6 Å². The number of carbonyl (C=O) groups excluding carboxylic acids is 1. The minimum atomic E-state index is -1.58. The Kier molecular flexibility index (Phi) is 6.25. The Hall–Kier alpha value is -2.25. The van der Waals surface area contributed by atoms with E-state index < -0.39 is 17.3 Å². The molecule has 1 atom stereocenters. The van der Waals surface area contributed by atoms with Crippen molar-refractivity contribution in [1.29, 1.82) is 0 Å². The van der Waals surface area contributed by atoms with Crippen molar-refractivity contribution in [2.75, 3.05) is 13.3 Å². The minimum absolute atomic E-state index is 0.162. The molecule has 6 nitrogen and oxygen atoms in total. The average Bonchev–Trinajstić information content (AvgIpc) is 2.67. The highest BCUT2D eigenvalue weighted by molar-refractivity contribution is 7.89. The molecule has 1 heterocycles. The smallest absolute Gasteiger partial charge is 0.359 e. The number of esters is 1. The summed E-state index contributed by atoms with van der Waals surface area (Å²) in [5.74, 6) is -0.550. The quantitative estimate of drug-likeness (QED) is 0.672.